The molecule has 1 aliphatic heterocycles. The fourth-order valence-electron chi connectivity index (χ4n) is 5.97. The summed E-state index contributed by atoms with van der Waals surface area (Å²) in [6.07, 6.45) is 3.83. The Morgan fingerprint density at radius 3 is 2.51 bits per heavy atom. The van der Waals surface area contributed by atoms with Gasteiger partial charge in [0.15, 0.2) is 5.78 Å². The zero-order chi connectivity index (χ0) is 26.3. The molecule has 0 radical (unpaired) electrons. The summed E-state index contributed by atoms with van der Waals surface area (Å²) in [5, 5.41) is 12.4. The molecular formula is C30H33ClN4O2. The highest BCUT2D eigenvalue weighted by molar-refractivity contribution is 6.30. The molecule has 192 valence electrons. The van der Waals surface area contributed by atoms with Gasteiger partial charge in [-0.25, -0.2) is 0 Å². The van der Waals surface area contributed by atoms with E-state index in [1.807, 2.05) is 42.5 Å². The van der Waals surface area contributed by atoms with Crippen LogP contribution in [0.15, 0.2) is 54.7 Å². The Hall–Kier alpha value is -3.25. The fourth-order valence-corrected chi connectivity index (χ4v) is 6.10. The highest BCUT2D eigenvalue weighted by atomic mass is 35.5. The lowest BCUT2D eigenvalue weighted by Crippen LogP contribution is -2.50. The zero-order valence-corrected chi connectivity index (χ0v) is 22.5. The van der Waals surface area contributed by atoms with Crippen LogP contribution in [-0.4, -0.2) is 40.5 Å². The quantitative estimate of drug-likeness (QED) is 0.416. The highest BCUT2D eigenvalue weighted by Gasteiger charge is 2.49. The van der Waals surface area contributed by atoms with Crippen molar-refractivity contribution in [2.24, 2.45) is 5.41 Å². The summed E-state index contributed by atoms with van der Waals surface area (Å²) in [5.74, 6) is 0.274. The molecular weight excluding hydrogens is 484 g/mol. The molecule has 1 saturated carbocycles. The third-order valence-corrected chi connectivity index (χ3v) is 7.53. The Bertz CT molecular complexity index is 1320. The molecule has 1 aliphatic carbocycles. The lowest BCUT2D eigenvalue weighted by atomic mass is 9.90. The summed E-state index contributed by atoms with van der Waals surface area (Å²) in [4.78, 5) is 28.1. The summed E-state index contributed by atoms with van der Waals surface area (Å²) in [5.41, 5.74) is 5.58. The number of rotatable bonds is 6. The topological polar surface area (TPSA) is 75.2 Å². The minimum Gasteiger partial charge on any atom is -0.365 e. The number of carbonyl (C=O) groups excluding carboxylic acids is 2. The molecule has 0 saturated heterocycles. The largest absolute Gasteiger partial charge is 0.365 e. The molecule has 5 rings (SSSR count). The lowest BCUT2D eigenvalue weighted by Gasteiger charge is -2.37. The van der Waals surface area contributed by atoms with Crippen molar-refractivity contribution < 1.29 is 9.59 Å². The fraction of sp³-hybridized carbons (Fsp3) is 0.400. The summed E-state index contributed by atoms with van der Waals surface area (Å²) in [6, 6.07) is 15.5. The molecule has 7 heteroatoms. The molecule has 37 heavy (non-hydrogen) atoms. The molecule has 0 spiro atoms. The molecule has 1 N–H and O–H groups in total. The van der Waals surface area contributed by atoms with E-state index < -0.39 is 0 Å². The number of Topliss-reactive ketones (excluding diaryl/α,β-unsaturated/α-hetero) is 1. The molecule has 6 nitrogen and oxygen atoms in total. The number of benzene rings is 2. The van der Waals surface area contributed by atoms with Crippen molar-refractivity contribution in [3.05, 3.63) is 76.4 Å². The van der Waals surface area contributed by atoms with Crippen molar-refractivity contribution in [1.29, 1.82) is 0 Å². The van der Waals surface area contributed by atoms with Gasteiger partial charge >= 0.3 is 0 Å². The first kappa shape index (κ1) is 25.4. The normalized spacial score (nSPS) is 20.5. The van der Waals surface area contributed by atoms with Crippen LogP contribution in [0.1, 0.15) is 67.9 Å². The van der Waals surface area contributed by atoms with Gasteiger partial charge in [-0.05, 0) is 65.8 Å². The molecule has 3 aromatic rings. The second-order valence-corrected chi connectivity index (χ2v) is 11.9. The Kier molecular flexibility index (Phi) is 6.80. The van der Waals surface area contributed by atoms with Crippen molar-refractivity contribution in [3.8, 4) is 11.3 Å². The molecule has 2 heterocycles. The number of hydrogen-bond acceptors (Lipinski definition) is 5. The molecule has 2 aliphatic rings. The minimum atomic E-state index is -0.00899. The van der Waals surface area contributed by atoms with Crippen molar-refractivity contribution in [1.82, 2.24) is 15.5 Å². The Morgan fingerprint density at radius 1 is 1.11 bits per heavy atom. The van der Waals surface area contributed by atoms with Crippen LogP contribution in [-0.2, 0) is 11.2 Å². The Labute approximate surface area is 223 Å². The van der Waals surface area contributed by atoms with E-state index in [9.17, 15) is 9.59 Å². The van der Waals surface area contributed by atoms with E-state index in [1.54, 1.807) is 13.1 Å². The highest BCUT2D eigenvalue weighted by Crippen LogP contribution is 2.53. The molecule has 0 bridgehead atoms. The average Bonchev–Trinajstić information content (AvgIpc) is 3.38. The predicted octanol–water partition coefficient (Wildman–Crippen LogP) is 5.84. The number of nitrogens with zero attached hydrogens (tertiary/aromatic N) is 3. The first-order valence-electron chi connectivity index (χ1n) is 12.9. The second kappa shape index (κ2) is 9.90. The van der Waals surface area contributed by atoms with Crippen molar-refractivity contribution >= 4 is 29.0 Å². The van der Waals surface area contributed by atoms with E-state index in [0.29, 0.717) is 17.0 Å². The maximum Gasteiger partial charge on any atom is 0.217 e. The second-order valence-electron chi connectivity index (χ2n) is 11.5. The van der Waals surface area contributed by atoms with Gasteiger partial charge in [0.05, 0.1) is 17.4 Å². The molecule has 2 aromatic carbocycles. The van der Waals surface area contributed by atoms with Gasteiger partial charge in [0.1, 0.15) is 0 Å². The number of anilines is 1. The number of carbonyl (C=O) groups is 2. The number of amides is 1. The number of aromatic nitrogens is 2. The first-order chi connectivity index (χ1) is 17.6. The summed E-state index contributed by atoms with van der Waals surface area (Å²) in [6.45, 7) is 9.10. The van der Waals surface area contributed by atoms with Gasteiger partial charge < -0.3 is 10.2 Å². The average molecular weight is 517 g/mol. The standard InChI is InChI=1S/C30H33ClN4O2/c1-18(36)33-26-12-11-22-23-15-20(27(37)14-19-7-9-21(31)10-8-19)16-24(25-6-5-13-32-34-25)28(23)35(29(22)26)17-30(2,3)4/h5-10,13,15-16,22,26,29H,11-12,14,17H2,1-4H3,(H,33,36). The van der Waals surface area contributed by atoms with Crippen LogP contribution in [0.4, 0.5) is 5.69 Å². The maximum absolute atomic E-state index is 13.6. The van der Waals surface area contributed by atoms with Crippen LogP contribution in [0.3, 0.4) is 0 Å². The Morgan fingerprint density at radius 2 is 1.86 bits per heavy atom. The van der Waals surface area contributed by atoms with E-state index in [0.717, 1.165) is 41.9 Å². The summed E-state index contributed by atoms with van der Waals surface area (Å²) >= 11 is 6.04. The number of ketones is 1. The van der Waals surface area contributed by atoms with Crippen LogP contribution in [0.25, 0.3) is 11.3 Å². The molecule has 3 atom stereocenters. The number of halogens is 1. The Balaban J connectivity index is 1.63. The van der Waals surface area contributed by atoms with Gasteiger partial charge in [0.2, 0.25) is 5.91 Å². The van der Waals surface area contributed by atoms with Crippen LogP contribution in [0.2, 0.25) is 5.02 Å². The van der Waals surface area contributed by atoms with Gasteiger partial charge in [-0.2, -0.15) is 10.2 Å². The number of hydrogen-bond donors (Lipinski definition) is 1. The summed E-state index contributed by atoms with van der Waals surface area (Å²) < 4.78 is 0. The van der Waals surface area contributed by atoms with Crippen LogP contribution < -0.4 is 10.2 Å². The third-order valence-electron chi connectivity index (χ3n) is 7.28. The predicted molar refractivity (Wildman–Crippen MR) is 147 cm³/mol. The first-order valence-corrected chi connectivity index (χ1v) is 13.3. The molecule has 1 fully saturated rings. The van der Waals surface area contributed by atoms with Gasteiger partial charge in [0, 0.05) is 54.2 Å². The zero-order valence-electron chi connectivity index (χ0n) is 21.8. The van der Waals surface area contributed by atoms with Crippen LogP contribution >= 0.6 is 11.6 Å². The summed E-state index contributed by atoms with van der Waals surface area (Å²) in [7, 11) is 0. The van der Waals surface area contributed by atoms with Gasteiger partial charge in [-0.1, -0.05) is 44.5 Å². The van der Waals surface area contributed by atoms with Crippen molar-refractivity contribution in [2.75, 3.05) is 11.4 Å². The van der Waals surface area contributed by atoms with E-state index >= 15 is 0 Å². The van der Waals surface area contributed by atoms with Crippen LogP contribution in [0.5, 0.6) is 0 Å². The molecule has 1 aromatic heterocycles. The lowest BCUT2D eigenvalue weighted by molar-refractivity contribution is -0.119. The van der Waals surface area contributed by atoms with E-state index in [2.05, 4.69) is 47.3 Å². The van der Waals surface area contributed by atoms with Gasteiger partial charge in [-0.3, -0.25) is 9.59 Å². The van der Waals surface area contributed by atoms with Crippen molar-refractivity contribution in [2.45, 2.75) is 65.0 Å². The maximum atomic E-state index is 13.6. The van der Waals surface area contributed by atoms with E-state index in [1.165, 1.54) is 5.56 Å². The van der Waals surface area contributed by atoms with Gasteiger partial charge in [0.25, 0.3) is 0 Å². The molecule has 1 amide bonds. The van der Waals surface area contributed by atoms with E-state index in [4.69, 9.17) is 11.6 Å². The van der Waals surface area contributed by atoms with Crippen LogP contribution in [0, 0.1) is 5.41 Å². The SMILES string of the molecule is CC(=O)NC1CCC2c3cc(C(=O)Cc4ccc(Cl)cc4)cc(-c4cccnn4)c3N(CC(C)(C)C)C12. The van der Waals surface area contributed by atoms with Crippen molar-refractivity contribution in [3.63, 3.8) is 0 Å². The number of nitrogens with one attached hydrogen (secondary N) is 1. The smallest absolute Gasteiger partial charge is 0.217 e. The van der Waals surface area contributed by atoms with Gasteiger partial charge in [-0.15, -0.1) is 0 Å². The number of fused-ring (bicyclic) bond motifs is 3. The van der Waals surface area contributed by atoms with E-state index in [-0.39, 0.29) is 35.1 Å². The third kappa shape index (κ3) is 5.26. The monoisotopic (exact) mass is 516 g/mol. The molecule has 3 unspecified atom stereocenters. The minimum absolute atomic E-state index is 0.00899.